The lowest BCUT2D eigenvalue weighted by atomic mass is 10.1. The van der Waals surface area contributed by atoms with Crippen LogP contribution in [0.1, 0.15) is 11.1 Å². The van der Waals surface area contributed by atoms with Gasteiger partial charge in [-0.25, -0.2) is 4.79 Å². The third-order valence-electron chi connectivity index (χ3n) is 3.13. The van der Waals surface area contributed by atoms with Crippen molar-refractivity contribution in [2.45, 2.75) is 13.0 Å². The van der Waals surface area contributed by atoms with Crippen molar-refractivity contribution in [3.05, 3.63) is 41.7 Å². The second kappa shape index (κ2) is 3.27. The maximum absolute atomic E-state index is 11.0. The van der Waals surface area contributed by atoms with Gasteiger partial charge in [0.2, 0.25) is 0 Å². The van der Waals surface area contributed by atoms with Crippen molar-refractivity contribution in [1.29, 1.82) is 0 Å². The molecule has 4 nitrogen and oxygen atoms in total. The second-order valence-corrected chi connectivity index (χ2v) is 4.08. The largest absolute Gasteiger partial charge is 0.465 e. The van der Waals surface area contributed by atoms with Crippen LogP contribution < -0.4 is 4.90 Å². The van der Waals surface area contributed by atoms with Gasteiger partial charge in [0, 0.05) is 24.6 Å². The number of hydrogen-bond donors (Lipinski definition) is 1. The summed E-state index contributed by atoms with van der Waals surface area (Å²) < 4.78 is 0. The van der Waals surface area contributed by atoms with E-state index in [1.807, 2.05) is 18.3 Å². The Balaban J connectivity index is 2.09. The van der Waals surface area contributed by atoms with Crippen LogP contribution in [0, 0.1) is 0 Å². The van der Waals surface area contributed by atoms with E-state index in [1.54, 1.807) is 6.20 Å². The Hall–Kier alpha value is -1.97. The molecule has 0 aliphatic carbocycles. The third kappa shape index (κ3) is 1.26. The quantitative estimate of drug-likeness (QED) is 0.721. The molecule has 1 amide bonds. The minimum Gasteiger partial charge on any atom is -0.465 e. The Bertz CT molecular complexity index is 482. The number of anilines is 1. The molecule has 0 radical (unpaired) electrons. The van der Waals surface area contributed by atoms with Gasteiger partial charge in [0.05, 0.1) is 6.54 Å². The molecule has 0 unspecified atom stereocenters. The lowest BCUT2D eigenvalue weighted by Gasteiger charge is -2.15. The highest BCUT2D eigenvalue weighted by atomic mass is 16.4. The average Bonchev–Trinajstić information content (AvgIpc) is 2.57. The van der Waals surface area contributed by atoms with Crippen molar-refractivity contribution in [3.63, 3.8) is 0 Å². The Morgan fingerprint density at radius 1 is 1.25 bits per heavy atom. The average molecular weight is 216 g/mol. The number of hydrogen-bond acceptors (Lipinski definition) is 2. The zero-order chi connectivity index (χ0) is 11.1. The Kier molecular flexibility index (Phi) is 1.89. The van der Waals surface area contributed by atoms with Gasteiger partial charge in [0.25, 0.3) is 0 Å². The van der Waals surface area contributed by atoms with E-state index >= 15 is 0 Å². The van der Waals surface area contributed by atoms with E-state index in [-0.39, 0.29) is 0 Å². The molecule has 2 aliphatic heterocycles. The van der Waals surface area contributed by atoms with Crippen LogP contribution in [0.4, 0.5) is 10.5 Å². The van der Waals surface area contributed by atoms with Gasteiger partial charge in [-0.15, -0.1) is 0 Å². The number of para-hydroxylation sites is 1. The highest BCUT2D eigenvalue weighted by Crippen LogP contribution is 2.34. The zero-order valence-electron chi connectivity index (χ0n) is 8.76. The van der Waals surface area contributed by atoms with Crippen molar-refractivity contribution in [2.75, 3.05) is 11.4 Å². The maximum atomic E-state index is 11.0. The van der Waals surface area contributed by atoms with Crippen molar-refractivity contribution in [3.8, 4) is 0 Å². The summed E-state index contributed by atoms with van der Waals surface area (Å²) >= 11 is 0. The second-order valence-electron chi connectivity index (χ2n) is 4.08. The van der Waals surface area contributed by atoms with Gasteiger partial charge in [-0.1, -0.05) is 18.2 Å². The molecule has 0 spiro atoms. The summed E-state index contributed by atoms with van der Waals surface area (Å²) in [5, 5.41) is 9.02. The molecular formula is C12H12N2O2. The topological polar surface area (TPSA) is 43.8 Å². The first kappa shape index (κ1) is 9.27. The van der Waals surface area contributed by atoms with E-state index in [2.05, 4.69) is 11.0 Å². The van der Waals surface area contributed by atoms with E-state index in [9.17, 15) is 4.79 Å². The van der Waals surface area contributed by atoms with Crippen LogP contribution in [0.5, 0.6) is 0 Å². The summed E-state index contributed by atoms with van der Waals surface area (Å²) in [6.45, 7) is 1.38. The van der Waals surface area contributed by atoms with Crippen LogP contribution in [0.2, 0.25) is 0 Å². The normalized spacial score (nSPS) is 17.2. The molecule has 1 aromatic rings. The van der Waals surface area contributed by atoms with Gasteiger partial charge in [-0.05, 0) is 17.5 Å². The van der Waals surface area contributed by atoms with Gasteiger partial charge in [0.1, 0.15) is 0 Å². The highest BCUT2D eigenvalue weighted by Gasteiger charge is 2.24. The molecule has 1 aromatic carbocycles. The molecule has 0 saturated carbocycles. The van der Waals surface area contributed by atoms with Crippen molar-refractivity contribution in [1.82, 2.24) is 4.90 Å². The van der Waals surface area contributed by atoms with Crippen LogP contribution in [0.15, 0.2) is 30.6 Å². The predicted molar refractivity (Wildman–Crippen MR) is 60.2 cm³/mol. The Labute approximate surface area is 93.4 Å². The molecule has 0 fully saturated rings. The molecule has 0 bridgehead atoms. The summed E-state index contributed by atoms with van der Waals surface area (Å²) in [5.74, 6) is 0. The minimum absolute atomic E-state index is 0.436. The third-order valence-corrected chi connectivity index (χ3v) is 3.13. The molecule has 2 aliphatic rings. The van der Waals surface area contributed by atoms with Crippen LogP contribution in [0.3, 0.4) is 0 Å². The van der Waals surface area contributed by atoms with Crippen molar-refractivity contribution < 1.29 is 9.90 Å². The standard InChI is InChI=1S/C12H12N2O2/c15-12(16)14-7-6-13-5-4-9-2-1-3-10(8-14)11(9)13/h1-3,6-7H,4-5,8H2,(H,15,16). The van der Waals surface area contributed by atoms with E-state index in [1.165, 1.54) is 16.2 Å². The number of amides is 1. The minimum atomic E-state index is -0.907. The van der Waals surface area contributed by atoms with Crippen LogP contribution in [-0.2, 0) is 13.0 Å². The fourth-order valence-corrected chi connectivity index (χ4v) is 2.37. The van der Waals surface area contributed by atoms with Gasteiger partial charge in [-0.2, -0.15) is 0 Å². The van der Waals surface area contributed by atoms with Gasteiger partial charge >= 0.3 is 6.09 Å². The molecule has 3 rings (SSSR count). The van der Waals surface area contributed by atoms with Gasteiger partial charge in [-0.3, -0.25) is 4.90 Å². The Morgan fingerprint density at radius 2 is 2.06 bits per heavy atom. The van der Waals surface area contributed by atoms with Crippen LogP contribution in [-0.4, -0.2) is 22.6 Å². The summed E-state index contributed by atoms with van der Waals surface area (Å²) in [6.07, 6.45) is 3.63. The predicted octanol–water partition coefficient (Wildman–Crippen LogP) is 2.01. The first-order chi connectivity index (χ1) is 7.75. The highest BCUT2D eigenvalue weighted by molar-refractivity contribution is 5.71. The number of carboxylic acid groups (broad SMARTS) is 1. The van der Waals surface area contributed by atoms with E-state index in [4.69, 9.17) is 5.11 Å². The zero-order valence-corrected chi connectivity index (χ0v) is 8.76. The Morgan fingerprint density at radius 3 is 2.88 bits per heavy atom. The number of rotatable bonds is 0. The monoisotopic (exact) mass is 216 g/mol. The lowest BCUT2D eigenvalue weighted by Crippen LogP contribution is -2.22. The van der Waals surface area contributed by atoms with Crippen LogP contribution in [0.25, 0.3) is 0 Å². The molecule has 0 saturated heterocycles. The molecule has 16 heavy (non-hydrogen) atoms. The first-order valence-electron chi connectivity index (χ1n) is 5.31. The van der Waals surface area contributed by atoms with Gasteiger partial charge < -0.3 is 10.0 Å². The van der Waals surface area contributed by atoms with Crippen LogP contribution >= 0.6 is 0 Å². The number of nitrogens with zero attached hydrogens (tertiary/aromatic N) is 2. The SMILES string of the molecule is O=C(O)N1C=CN2CCc3cccc(c32)C1. The van der Waals surface area contributed by atoms with Gasteiger partial charge in [0.15, 0.2) is 0 Å². The summed E-state index contributed by atoms with van der Waals surface area (Å²) in [6, 6.07) is 6.12. The molecule has 4 heteroatoms. The number of carbonyl (C=O) groups is 1. The van der Waals surface area contributed by atoms with E-state index in [0.29, 0.717) is 6.54 Å². The molecule has 1 N–H and O–H groups in total. The van der Waals surface area contributed by atoms with E-state index in [0.717, 1.165) is 18.5 Å². The van der Waals surface area contributed by atoms with Crippen molar-refractivity contribution in [2.24, 2.45) is 0 Å². The molecule has 82 valence electrons. The molecule has 2 heterocycles. The summed E-state index contributed by atoms with van der Waals surface area (Å²) in [4.78, 5) is 14.4. The molecule has 0 aromatic heterocycles. The maximum Gasteiger partial charge on any atom is 0.411 e. The number of benzene rings is 1. The van der Waals surface area contributed by atoms with Crippen molar-refractivity contribution >= 4 is 11.8 Å². The summed E-state index contributed by atoms with van der Waals surface area (Å²) in [7, 11) is 0. The lowest BCUT2D eigenvalue weighted by molar-refractivity contribution is 0.161. The summed E-state index contributed by atoms with van der Waals surface area (Å²) in [5.41, 5.74) is 3.60. The molecular weight excluding hydrogens is 204 g/mol. The fraction of sp³-hybridized carbons (Fsp3) is 0.250. The molecule has 0 atom stereocenters. The smallest absolute Gasteiger partial charge is 0.411 e. The first-order valence-corrected chi connectivity index (χ1v) is 5.31. The van der Waals surface area contributed by atoms with E-state index < -0.39 is 6.09 Å². The fourth-order valence-electron chi connectivity index (χ4n) is 2.37.